The fraction of sp³-hybridized carbons (Fsp3) is 0.333. The van der Waals surface area contributed by atoms with Crippen LogP contribution in [-0.4, -0.2) is 49.9 Å². The zero-order valence-corrected chi connectivity index (χ0v) is 17.9. The van der Waals surface area contributed by atoms with E-state index in [9.17, 15) is 9.59 Å². The first-order valence-electron chi connectivity index (χ1n) is 9.24. The van der Waals surface area contributed by atoms with Gasteiger partial charge in [-0.2, -0.15) is 0 Å². The molecule has 1 unspecified atom stereocenters. The summed E-state index contributed by atoms with van der Waals surface area (Å²) in [5.74, 6) is -0.264. The van der Waals surface area contributed by atoms with Crippen LogP contribution in [-0.2, 0) is 4.79 Å². The maximum absolute atomic E-state index is 13.4. The number of carbonyl (C=O) groups is 2. The topological polar surface area (TPSA) is 64.7 Å². The van der Waals surface area contributed by atoms with Crippen LogP contribution in [0.4, 0.5) is 17.1 Å². The van der Waals surface area contributed by atoms with Crippen molar-refractivity contribution in [1.82, 2.24) is 4.90 Å². The van der Waals surface area contributed by atoms with Crippen molar-refractivity contribution in [3.8, 4) is 0 Å². The second-order valence-corrected chi connectivity index (χ2v) is 8.10. The van der Waals surface area contributed by atoms with Crippen LogP contribution in [0.15, 0.2) is 46.9 Å². The Labute approximate surface area is 174 Å². The lowest BCUT2D eigenvalue weighted by Crippen LogP contribution is -2.35. The van der Waals surface area contributed by atoms with Crippen molar-refractivity contribution in [1.29, 1.82) is 0 Å². The van der Waals surface area contributed by atoms with Gasteiger partial charge in [0.15, 0.2) is 0 Å². The van der Waals surface area contributed by atoms with Crippen molar-refractivity contribution < 1.29 is 9.59 Å². The molecular formula is C21H25BrN4O2. The minimum atomic E-state index is -0.179. The van der Waals surface area contributed by atoms with Gasteiger partial charge in [-0.15, -0.1) is 0 Å². The summed E-state index contributed by atoms with van der Waals surface area (Å²) in [5, 5.41) is 6.33. The smallest absolute Gasteiger partial charge is 0.258 e. The van der Waals surface area contributed by atoms with E-state index in [1.165, 1.54) is 6.92 Å². The molecule has 1 heterocycles. The largest absolute Gasteiger partial charge is 0.379 e. The first-order valence-corrected chi connectivity index (χ1v) is 10.0. The Balaban J connectivity index is 1.92. The van der Waals surface area contributed by atoms with Gasteiger partial charge in [-0.25, -0.2) is 0 Å². The fourth-order valence-corrected chi connectivity index (χ4v) is 3.76. The van der Waals surface area contributed by atoms with Crippen LogP contribution < -0.4 is 15.5 Å². The fourth-order valence-electron chi connectivity index (χ4n) is 3.42. The van der Waals surface area contributed by atoms with Crippen molar-refractivity contribution in [2.24, 2.45) is 0 Å². The average Bonchev–Trinajstić information content (AvgIpc) is 2.81. The maximum atomic E-state index is 13.4. The van der Waals surface area contributed by atoms with Crippen LogP contribution in [0.5, 0.6) is 0 Å². The Bertz CT molecular complexity index is 884. The monoisotopic (exact) mass is 444 g/mol. The number of carbonyl (C=O) groups excluding carboxylic acids is 2. The number of nitrogens with one attached hydrogen (secondary N) is 2. The molecule has 0 bridgehead atoms. The number of nitrogens with zero attached hydrogens (tertiary/aromatic N) is 2. The normalized spacial score (nSPS) is 16.2. The molecule has 0 aliphatic carbocycles. The SMILES string of the molecule is CC(=O)Nc1cc(C(=O)N2CCC(CN(C)C)Nc3ccccc32)ccc1Br. The van der Waals surface area contributed by atoms with E-state index in [1.807, 2.05) is 43.3 Å². The number of amides is 2. The Morgan fingerprint density at radius 1 is 1.25 bits per heavy atom. The highest BCUT2D eigenvalue weighted by atomic mass is 79.9. The maximum Gasteiger partial charge on any atom is 0.258 e. The number of halogens is 1. The van der Waals surface area contributed by atoms with Crippen LogP contribution in [0.1, 0.15) is 23.7 Å². The number of para-hydroxylation sites is 2. The summed E-state index contributed by atoms with van der Waals surface area (Å²) in [6.07, 6.45) is 0.841. The number of benzene rings is 2. The molecule has 0 spiro atoms. The predicted octanol–water partition coefficient (Wildman–Crippen LogP) is 3.80. The summed E-state index contributed by atoms with van der Waals surface area (Å²) < 4.78 is 0.739. The van der Waals surface area contributed by atoms with Crippen molar-refractivity contribution in [2.45, 2.75) is 19.4 Å². The predicted molar refractivity (Wildman–Crippen MR) is 117 cm³/mol. The third kappa shape index (κ3) is 4.72. The lowest BCUT2D eigenvalue weighted by molar-refractivity contribution is -0.114. The molecule has 0 fully saturated rings. The molecule has 2 N–H and O–H groups in total. The van der Waals surface area contributed by atoms with Crippen molar-refractivity contribution >= 4 is 44.8 Å². The number of anilines is 3. The molecule has 1 atom stereocenters. The summed E-state index contributed by atoms with van der Waals surface area (Å²) in [4.78, 5) is 28.8. The van der Waals surface area contributed by atoms with Gasteiger partial charge in [0.1, 0.15) is 0 Å². The Morgan fingerprint density at radius 3 is 2.71 bits per heavy atom. The van der Waals surface area contributed by atoms with Crippen LogP contribution in [0, 0.1) is 0 Å². The molecule has 6 nitrogen and oxygen atoms in total. The highest BCUT2D eigenvalue weighted by Gasteiger charge is 2.26. The van der Waals surface area contributed by atoms with Gasteiger partial charge >= 0.3 is 0 Å². The van der Waals surface area contributed by atoms with Gasteiger partial charge in [0.2, 0.25) is 5.91 Å². The summed E-state index contributed by atoms with van der Waals surface area (Å²) in [7, 11) is 4.10. The Hall–Kier alpha value is -2.38. The van der Waals surface area contributed by atoms with Gasteiger partial charge in [0, 0.05) is 36.1 Å². The molecule has 1 aliphatic rings. The van der Waals surface area contributed by atoms with E-state index in [-0.39, 0.29) is 17.9 Å². The molecule has 0 saturated heterocycles. The van der Waals surface area contributed by atoms with E-state index in [0.29, 0.717) is 17.8 Å². The van der Waals surface area contributed by atoms with E-state index in [0.717, 1.165) is 28.8 Å². The van der Waals surface area contributed by atoms with Gasteiger partial charge in [-0.1, -0.05) is 12.1 Å². The zero-order chi connectivity index (χ0) is 20.3. The van der Waals surface area contributed by atoms with Gasteiger partial charge < -0.3 is 20.4 Å². The summed E-state index contributed by atoms with van der Waals surface area (Å²) >= 11 is 3.42. The third-order valence-electron chi connectivity index (χ3n) is 4.61. The minimum Gasteiger partial charge on any atom is -0.379 e. The van der Waals surface area contributed by atoms with Gasteiger partial charge in [-0.05, 0) is 66.8 Å². The first kappa shape index (κ1) is 20.4. The zero-order valence-electron chi connectivity index (χ0n) is 16.3. The van der Waals surface area contributed by atoms with E-state index in [4.69, 9.17) is 0 Å². The van der Waals surface area contributed by atoms with E-state index >= 15 is 0 Å². The Morgan fingerprint density at radius 2 is 2.00 bits per heavy atom. The lowest BCUT2D eigenvalue weighted by atomic mass is 10.1. The van der Waals surface area contributed by atoms with Gasteiger partial charge in [-0.3, -0.25) is 9.59 Å². The van der Waals surface area contributed by atoms with Crippen LogP contribution in [0.3, 0.4) is 0 Å². The standard InChI is InChI=1S/C21H25BrN4O2/c1-14(27)23-19-12-15(8-9-17(19)22)21(28)26-11-10-16(13-25(2)3)24-18-6-4-5-7-20(18)26/h4-9,12,16,24H,10-11,13H2,1-3H3,(H,23,27). The third-order valence-corrected chi connectivity index (χ3v) is 5.30. The van der Waals surface area contributed by atoms with Gasteiger partial charge in [0.25, 0.3) is 5.91 Å². The molecule has 2 amide bonds. The molecule has 148 valence electrons. The summed E-state index contributed by atoms with van der Waals surface area (Å²) in [6, 6.07) is 13.4. The molecule has 0 radical (unpaired) electrons. The van der Waals surface area contributed by atoms with Gasteiger partial charge in [0.05, 0.1) is 17.1 Å². The van der Waals surface area contributed by atoms with Crippen LogP contribution in [0.2, 0.25) is 0 Å². The average molecular weight is 445 g/mol. The lowest BCUT2D eigenvalue weighted by Gasteiger charge is -2.23. The molecule has 28 heavy (non-hydrogen) atoms. The first-order chi connectivity index (χ1) is 13.3. The number of likely N-dealkylation sites (N-methyl/N-ethyl adjacent to an activating group) is 1. The van der Waals surface area contributed by atoms with Crippen molar-refractivity contribution in [3.05, 3.63) is 52.5 Å². The number of hydrogen-bond acceptors (Lipinski definition) is 4. The number of hydrogen-bond donors (Lipinski definition) is 2. The van der Waals surface area contributed by atoms with E-state index in [1.54, 1.807) is 18.2 Å². The van der Waals surface area contributed by atoms with Crippen LogP contribution >= 0.6 is 15.9 Å². The van der Waals surface area contributed by atoms with Crippen LogP contribution in [0.25, 0.3) is 0 Å². The molecule has 0 saturated carbocycles. The second-order valence-electron chi connectivity index (χ2n) is 7.24. The Kier molecular flexibility index (Phi) is 6.36. The summed E-state index contributed by atoms with van der Waals surface area (Å²) in [5.41, 5.74) is 2.95. The molecule has 2 aromatic rings. The molecule has 7 heteroatoms. The molecular weight excluding hydrogens is 420 g/mol. The number of fused-ring (bicyclic) bond motifs is 1. The quantitative estimate of drug-likeness (QED) is 0.752. The molecule has 2 aromatic carbocycles. The highest BCUT2D eigenvalue weighted by Crippen LogP contribution is 2.32. The highest BCUT2D eigenvalue weighted by molar-refractivity contribution is 9.10. The minimum absolute atomic E-state index is 0.0844. The van der Waals surface area contributed by atoms with Crippen molar-refractivity contribution in [2.75, 3.05) is 42.7 Å². The molecule has 0 aromatic heterocycles. The van der Waals surface area contributed by atoms with E-state index in [2.05, 4.69) is 31.5 Å². The number of rotatable bonds is 4. The van der Waals surface area contributed by atoms with Crippen molar-refractivity contribution in [3.63, 3.8) is 0 Å². The summed E-state index contributed by atoms with van der Waals surface area (Å²) in [6.45, 7) is 2.96. The molecule has 3 rings (SSSR count). The molecule has 1 aliphatic heterocycles. The second kappa shape index (κ2) is 8.75. The van der Waals surface area contributed by atoms with E-state index < -0.39 is 0 Å².